The maximum Gasteiger partial charge on any atom is 0.134 e. The van der Waals surface area contributed by atoms with E-state index in [9.17, 15) is 4.39 Å². The molecule has 0 fully saturated rings. The predicted octanol–water partition coefficient (Wildman–Crippen LogP) is 3.75. The number of ether oxygens (including phenoxy) is 1. The smallest absolute Gasteiger partial charge is 0.134 e. The second kappa shape index (κ2) is 7.04. The molecule has 0 aliphatic carbocycles. The summed E-state index contributed by atoms with van der Waals surface area (Å²) in [7, 11) is 0. The first-order valence-electron chi connectivity index (χ1n) is 5.28. The van der Waals surface area contributed by atoms with Crippen molar-refractivity contribution in [2.24, 2.45) is 0 Å². The number of hydrogen-bond donors (Lipinski definition) is 0. The maximum atomic E-state index is 12.7. The molecule has 0 bridgehead atoms. The number of benzene rings is 1. The van der Waals surface area contributed by atoms with Gasteiger partial charge in [0.25, 0.3) is 0 Å². The number of allylic oxidation sites excluding steroid dienone is 1. The van der Waals surface area contributed by atoms with Gasteiger partial charge in [0, 0.05) is 12.1 Å². The SMILES string of the molecule is CCCC=CCCOc1cc[c]c(F)c1. The van der Waals surface area contributed by atoms with Gasteiger partial charge in [-0.05, 0) is 25.0 Å². The van der Waals surface area contributed by atoms with Crippen molar-refractivity contribution in [2.75, 3.05) is 6.61 Å². The summed E-state index contributed by atoms with van der Waals surface area (Å²) < 4.78 is 18.0. The third kappa shape index (κ3) is 5.21. The first-order valence-corrected chi connectivity index (χ1v) is 5.28. The lowest BCUT2D eigenvalue weighted by atomic mass is 10.3. The summed E-state index contributed by atoms with van der Waals surface area (Å²) in [5, 5.41) is 0. The molecule has 0 atom stereocenters. The minimum absolute atomic E-state index is 0.381. The van der Waals surface area contributed by atoms with E-state index in [1.54, 1.807) is 6.07 Å². The van der Waals surface area contributed by atoms with E-state index in [2.05, 4.69) is 25.1 Å². The minimum Gasteiger partial charge on any atom is -0.493 e. The molecule has 0 saturated carbocycles. The molecule has 0 unspecified atom stereocenters. The van der Waals surface area contributed by atoms with Crippen LogP contribution in [0.2, 0.25) is 0 Å². The van der Waals surface area contributed by atoms with Crippen LogP contribution in [0.15, 0.2) is 30.4 Å². The molecule has 0 amide bonds. The molecule has 1 nitrogen and oxygen atoms in total. The third-order valence-electron chi connectivity index (χ3n) is 1.91. The van der Waals surface area contributed by atoms with Crippen molar-refractivity contribution in [1.82, 2.24) is 0 Å². The fraction of sp³-hybridized carbons (Fsp3) is 0.385. The molecule has 81 valence electrons. The summed E-state index contributed by atoms with van der Waals surface area (Å²) in [6.45, 7) is 2.73. The first-order chi connectivity index (χ1) is 7.33. The molecule has 1 aromatic carbocycles. The standard InChI is InChI=1S/C13H16FO/c1-2-3-4-5-6-10-15-13-9-7-8-12(14)11-13/h4-5,7,9,11H,2-3,6,10H2,1H3. The molecule has 15 heavy (non-hydrogen) atoms. The van der Waals surface area contributed by atoms with Crippen molar-refractivity contribution in [3.05, 3.63) is 42.2 Å². The van der Waals surface area contributed by atoms with Crippen LogP contribution in [-0.2, 0) is 0 Å². The predicted molar refractivity (Wildman–Crippen MR) is 59.4 cm³/mol. The van der Waals surface area contributed by atoms with Gasteiger partial charge in [-0.3, -0.25) is 0 Å². The van der Waals surface area contributed by atoms with E-state index in [1.807, 2.05) is 0 Å². The molecule has 0 aliphatic rings. The normalized spacial score (nSPS) is 10.8. The molecule has 0 spiro atoms. The van der Waals surface area contributed by atoms with Crippen molar-refractivity contribution < 1.29 is 9.13 Å². The maximum absolute atomic E-state index is 12.7. The summed E-state index contributed by atoms with van der Waals surface area (Å²) in [5.74, 6) is 0.184. The van der Waals surface area contributed by atoms with Gasteiger partial charge in [0.2, 0.25) is 0 Å². The molecular formula is C13H16FO. The van der Waals surface area contributed by atoms with E-state index < -0.39 is 0 Å². The van der Waals surface area contributed by atoms with Crippen molar-refractivity contribution in [3.8, 4) is 5.75 Å². The summed E-state index contributed by atoms with van der Waals surface area (Å²) >= 11 is 0. The topological polar surface area (TPSA) is 9.23 Å². The average molecular weight is 207 g/mol. The molecule has 0 aromatic heterocycles. The van der Waals surface area contributed by atoms with E-state index in [1.165, 1.54) is 12.1 Å². The van der Waals surface area contributed by atoms with Crippen molar-refractivity contribution >= 4 is 0 Å². The highest BCUT2D eigenvalue weighted by Crippen LogP contribution is 2.11. The quantitative estimate of drug-likeness (QED) is 0.510. The van der Waals surface area contributed by atoms with Gasteiger partial charge in [-0.15, -0.1) is 0 Å². The van der Waals surface area contributed by atoms with E-state index in [0.717, 1.165) is 19.3 Å². The zero-order valence-electron chi connectivity index (χ0n) is 9.00. The Kier molecular flexibility index (Phi) is 5.52. The highest BCUT2D eigenvalue weighted by atomic mass is 19.1. The van der Waals surface area contributed by atoms with Gasteiger partial charge in [-0.25, -0.2) is 4.39 Å². The summed E-state index contributed by atoms with van der Waals surface area (Å²) in [6.07, 6.45) is 7.36. The van der Waals surface area contributed by atoms with Crippen LogP contribution >= 0.6 is 0 Å². The minimum atomic E-state index is -0.381. The second-order valence-electron chi connectivity index (χ2n) is 3.27. The number of unbranched alkanes of at least 4 members (excludes halogenated alkanes) is 1. The molecular weight excluding hydrogens is 191 g/mol. The van der Waals surface area contributed by atoms with Crippen LogP contribution in [-0.4, -0.2) is 6.61 Å². The highest BCUT2D eigenvalue weighted by molar-refractivity contribution is 5.21. The average Bonchev–Trinajstić information content (AvgIpc) is 2.23. The molecule has 1 aromatic rings. The van der Waals surface area contributed by atoms with Crippen molar-refractivity contribution in [3.63, 3.8) is 0 Å². The summed E-state index contributed by atoms with van der Waals surface area (Å²) in [4.78, 5) is 0. The Balaban J connectivity index is 2.20. The van der Waals surface area contributed by atoms with E-state index in [4.69, 9.17) is 4.74 Å². The molecule has 1 radical (unpaired) electrons. The Morgan fingerprint density at radius 2 is 2.20 bits per heavy atom. The van der Waals surface area contributed by atoms with Gasteiger partial charge in [0.15, 0.2) is 0 Å². The van der Waals surface area contributed by atoms with Gasteiger partial charge < -0.3 is 4.74 Å². The Morgan fingerprint density at radius 1 is 1.40 bits per heavy atom. The molecule has 0 saturated heterocycles. The third-order valence-corrected chi connectivity index (χ3v) is 1.91. The molecule has 0 aliphatic heterocycles. The van der Waals surface area contributed by atoms with Crippen LogP contribution < -0.4 is 4.74 Å². The van der Waals surface area contributed by atoms with Crippen molar-refractivity contribution in [1.29, 1.82) is 0 Å². The zero-order chi connectivity index (χ0) is 10.9. The van der Waals surface area contributed by atoms with Gasteiger partial charge >= 0.3 is 0 Å². The number of halogens is 1. The number of hydrogen-bond acceptors (Lipinski definition) is 1. The Hall–Kier alpha value is -1.31. The van der Waals surface area contributed by atoms with Gasteiger partial charge in [0.1, 0.15) is 11.6 Å². The number of rotatable bonds is 6. The van der Waals surface area contributed by atoms with Crippen LogP contribution in [0.4, 0.5) is 4.39 Å². The summed E-state index contributed by atoms with van der Waals surface area (Å²) in [5.41, 5.74) is 0. The van der Waals surface area contributed by atoms with E-state index >= 15 is 0 Å². The van der Waals surface area contributed by atoms with Crippen LogP contribution in [0.5, 0.6) is 5.75 Å². The first kappa shape index (κ1) is 11.8. The monoisotopic (exact) mass is 207 g/mol. The Morgan fingerprint density at radius 3 is 2.93 bits per heavy atom. The van der Waals surface area contributed by atoms with Crippen molar-refractivity contribution in [2.45, 2.75) is 26.2 Å². The lowest BCUT2D eigenvalue weighted by Crippen LogP contribution is -1.95. The second-order valence-corrected chi connectivity index (χ2v) is 3.27. The van der Waals surface area contributed by atoms with Crippen LogP contribution in [0.3, 0.4) is 0 Å². The van der Waals surface area contributed by atoms with Crippen LogP contribution in [0, 0.1) is 11.9 Å². The fourth-order valence-corrected chi connectivity index (χ4v) is 1.16. The zero-order valence-corrected chi connectivity index (χ0v) is 9.00. The fourth-order valence-electron chi connectivity index (χ4n) is 1.16. The van der Waals surface area contributed by atoms with Crippen LogP contribution in [0.25, 0.3) is 0 Å². The molecule has 2 heteroatoms. The van der Waals surface area contributed by atoms with Crippen LogP contribution in [0.1, 0.15) is 26.2 Å². The van der Waals surface area contributed by atoms with Gasteiger partial charge in [-0.2, -0.15) is 0 Å². The molecule has 0 N–H and O–H groups in total. The Labute approximate surface area is 90.6 Å². The van der Waals surface area contributed by atoms with Gasteiger partial charge in [-0.1, -0.05) is 25.5 Å². The molecule has 1 rings (SSSR count). The Bertz CT molecular complexity index is 307. The lowest BCUT2D eigenvalue weighted by Gasteiger charge is -2.03. The summed E-state index contributed by atoms with van der Waals surface area (Å²) in [6, 6.07) is 7.00. The van der Waals surface area contributed by atoms with Gasteiger partial charge in [0.05, 0.1) is 6.61 Å². The van der Waals surface area contributed by atoms with E-state index in [0.29, 0.717) is 12.4 Å². The lowest BCUT2D eigenvalue weighted by molar-refractivity contribution is 0.323. The molecule has 0 heterocycles. The largest absolute Gasteiger partial charge is 0.493 e. The highest BCUT2D eigenvalue weighted by Gasteiger charge is 1.94. The van der Waals surface area contributed by atoms with E-state index in [-0.39, 0.29) is 5.82 Å².